The molecule has 0 atom stereocenters. The molecule has 6 N–H and O–H groups in total. The Morgan fingerprint density at radius 3 is 1.44 bits per heavy atom. The van der Waals surface area contributed by atoms with Crippen LogP contribution in [0.2, 0.25) is 13.1 Å². The van der Waals surface area contributed by atoms with Crippen LogP contribution in [0.25, 0.3) is 0 Å². The summed E-state index contributed by atoms with van der Waals surface area (Å²) < 4.78 is 137. The maximum atomic E-state index is 12.5. The third-order valence-corrected chi connectivity index (χ3v) is 18.7. The average Bonchev–Trinajstić information content (AvgIpc) is 3.15. The number of carbonyl (C=O) groups is 1. The zero-order valence-electron chi connectivity index (χ0n) is 33.0. The summed E-state index contributed by atoms with van der Waals surface area (Å²) in [5.41, 5.74) is 6.48. The number of hydrogen-bond donors (Lipinski definition) is 6. The van der Waals surface area contributed by atoms with Gasteiger partial charge in [0.15, 0.2) is 0 Å². The van der Waals surface area contributed by atoms with Crippen molar-refractivity contribution >= 4 is 82.0 Å². The molecule has 0 amide bonds. The van der Waals surface area contributed by atoms with Gasteiger partial charge in [0, 0.05) is 55.1 Å². The Bertz CT molecular complexity index is 2800. The van der Waals surface area contributed by atoms with E-state index in [0.29, 0.717) is 51.7 Å². The first-order valence-corrected chi connectivity index (χ1v) is 27.9. The Morgan fingerprint density at radius 1 is 0.639 bits per heavy atom. The maximum absolute atomic E-state index is 12.5. The van der Waals surface area contributed by atoms with Crippen LogP contribution in [0, 0.1) is 0 Å². The third kappa shape index (κ3) is 9.04. The molecule has 0 spiro atoms. The highest BCUT2D eigenvalue weighted by Crippen LogP contribution is 2.36. The van der Waals surface area contributed by atoms with Gasteiger partial charge in [-0.2, -0.15) is 33.7 Å². The fourth-order valence-corrected chi connectivity index (χ4v) is 14.3. The fraction of sp³-hybridized carbons (Fsp3) is 0.333. The number of hydrogen-bond acceptors (Lipinski definition) is 11. The highest BCUT2D eigenvalue weighted by atomic mass is 32.2. The molecule has 61 heavy (non-hydrogen) atoms. The molecule has 326 valence electrons. The minimum atomic E-state index is -4.91. The lowest BCUT2D eigenvalue weighted by atomic mass is 9.91. The highest BCUT2D eigenvalue weighted by Gasteiger charge is 2.42. The van der Waals surface area contributed by atoms with Crippen molar-refractivity contribution in [1.29, 1.82) is 0 Å². The quantitative estimate of drug-likeness (QED) is 0.0667. The molecule has 4 aromatic carbocycles. The van der Waals surface area contributed by atoms with E-state index >= 15 is 0 Å². The van der Waals surface area contributed by atoms with E-state index in [4.69, 9.17) is 0 Å². The molecule has 3 aliphatic rings. The monoisotopic (exact) mass is 934 g/mol. The number of anilines is 2. The summed E-state index contributed by atoms with van der Waals surface area (Å²) in [7, 11) is -22.1. The zero-order valence-corrected chi connectivity index (χ0v) is 37.3. The molecule has 0 fully saturated rings. The molecular weight excluding hydrogens is 891 g/mol. The van der Waals surface area contributed by atoms with Crippen molar-refractivity contribution in [2.24, 2.45) is 0 Å². The standard InChI is InChI=1S/C39H43N3O14S4Si/c1-61(2)36-20-32-24(6-4-14-41(32)22-26-9-11-28(57(45,46)47)18-34(26)59(51,52)53)16-30(36)39(40-13-3-8-38(43)44)31-17-25-7-5-15-42(33(25)21-37(31)61)23-27-10-12-29(58(48,49)50)19-35(27)60(54,55)56/h9-12,16-21H,3-8,13-15,22-23H2,1-2H3,(H,43,44)(H,45,46,47)(H,48,49,50)(H,51,52,53)(H,54,55,56)/p+1. The van der Waals surface area contributed by atoms with Crippen molar-refractivity contribution in [2.45, 2.75) is 84.3 Å². The summed E-state index contributed by atoms with van der Waals surface area (Å²) in [6, 6.07) is 14.5. The van der Waals surface area contributed by atoms with Gasteiger partial charge in [-0.3, -0.25) is 23.0 Å². The molecule has 7 rings (SSSR count). The summed E-state index contributed by atoms with van der Waals surface area (Å²) in [5.74, 6) is -0.928. The number of carboxylic acid groups (broad SMARTS) is 1. The number of rotatable bonds is 12. The molecule has 3 aliphatic heterocycles. The second-order valence-corrected chi connectivity index (χ2v) is 25.9. The van der Waals surface area contributed by atoms with E-state index < -0.39 is 74.1 Å². The topological polar surface area (TPSA) is 275 Å². The van der Waals surface area contributed by atoms with Crippen LogP contribution in [0.1, 0.15) is 59.1 Å². The summed E-state index contributed by atoms with van der Waals surface area (Å²) in [5, 5.41) is 11.4. The molecule has 0 bridgehead atoms. The SMILES string of the molecule is C[Si]1(C)c2cc3c(cc2C(=[NH+]CCCC(=O)O)c2cc4c(cc21)N(Cc1ccc(S(=O)(=O)O)cc1S(=O)(=O)O)CCC4)CCCN3Cc1ccc(S(=O)(=O)O)cc1S(=O)(=O)O. The van der Waals surface area contributed by atoms with Crippen LogP contribution in [0.4, 0.5) is 11.4 Å². The smallest absolute Gasteiger partial charge is 0.303 e. The molecule has 0 aromatic heterocycles. The minimum Gasteiger partial charge on any atom is -0.481 e. The molecule has 22 heteroatoms. The van der Waals surface area contributed by atoms with Gasteiger partial charge in [-0.25, -0.2) is 4.99 Å². The van der Waals surface area contributed by atoms with Gasteiger partial charge in [0.05, 0.1) is 16.2 Å². The average molecular weight is 935 g/mol. The van der Waals surface area contributed by atoms with Crippen molar-refractivity contribution < 1.29 is 66.8 Å². The Labute approximate surface area is 354 Å². The molecule has 0 unspecified atom stereocenters. The van der Waals surface area contributed by atoms with Gasteiger partial charge in [0.2, 0.25) is 5.71 Å². The number of aryl methyl sites for hydroxylation is 2. The van der Waals surface area contributed by atoms with E-state index in [1.807, 2.05) is 9.80 Å². The van der Waals surface area contributed by atoms with Crippen LogP contribution in [0.5, 0.6) is 0 Å². The third-order valence-electron chi connectivity index (χ3n) is 11.6. The van der Waals surface area contributed by atoms with E-state index in [9.17, 15) is 61.8 Å². The summed E-state index contributed by atoms with van der Waals surface area (Å²) >= 11 is 0. The van der Waals surface area contributed by atoms with Gasteiger partial charge in [-0.15, -0.1) is 0 Å². The van der Waals surface area contributed by atoms with E-state index in [1.54, 1.807) is 0 Å². The van der Waals surface area contributed by atoms with Crippen molar-refractivity contribution in [3.05, 3.63) is 94.0 Å². The van der Waals surface area contributed by atoms with E-state index in [0.717, 1.165) is 74.0 Å². The Kier molecular flexibility index (Phi) is 11.7. The van der Waals surface area contributed by atoms with Crippen molar-refractivity contribution in [3.63, 3.8) is 0 Å². The normalized spacial score (nSPS) is 16.3. The van der Waals surface area contributed by atoms with Crippen LogP contribution >= 0.6 is 0 Å². The van der Waals surface area contributed by atoms with Crippen molar-refractivity contribution in [2.75, 3.05) is 29.4 Å². The number of carboxylic acids is 1. The number of fused-ring (bicyclic) bond motifs is 4. The van der Waals surface area contributed by atoms with Crippen molar-refractivity contribution in [1.82, 2.24) is 0 Å². The van der Waals surface area contributed by atoms with Crippen LogP contribution in [0.3, 0.4) is 0 Å². The van der Waals surface area contributed by atoms with E-state index in [1.165, 1.54) is 12.1 Å². The van der Waals surface area contributed by atoms with Crippen LogP contribution in [-0.4, -0.2) is 96.4 Å². The fourth-order valence-electron chi connectivity index (χ4n) is 8.67. The van der Waals surface area contributed by atoms with Crippen LogP contribution < -0.4 is 25.2 Å². The van der Waals surface area contributed by atoms with Crippen LogP contribution in [-0.2, 0) is 71.2 Å². The summed E-state index contributed by atoms with van der Waals surface area (Å²) in [6.07, 6.45) is 3.05. The second-order valence-electron chi connectivity index (χ2n) is 16.0. The number of aliphatic carboxylic acids is 1. The molecule has 0 aliphatic carbocycles. The Hall–Kier alpha value is -4.52. The van der Waals surface area contributed by atoms with Crippen molar-refractivity contribution in [3.8, 4) is 0 Å². The molecule has 17 nitrogen and oxygen atoms in total. The largest absolute Gasteiger partial charge is 0.481 e. The first-order chi connectivity index (χ1) is 28.3. The first kappa shape index (κ1) is 44.5. The summed E-state index contributed by atoms with van der Waals surface area (Å²) in [6.45, 7) is 5.67. The molecule has 0 radical (unpaired) electrons. The lowest BCUT2D eigenvalue weighted by Gasteiger charge is -2.39. The lowest BCUT2D eigenvalue weighted by Crippen LogP contribution is -2.77. The molecular formula is C39H44N3O14S4Si+. The molecule has 0 saturated heterocycles. The number of nitrogens with zero attached hydrogens (tertiary/aromatic N) is 2. The lowest BCUT2D eigenvalue weighted by molar-refractivity contribution is -0.456. The Morgan fingerprint density at radius 2 is 1.07 bits per heavy atom. The second kappa shape index (κ2) is 16.0. The highest BCUT2D eigenvalue weighted by molar-refractivity contribution is 7.87. The van der Waals surface area contributed by atoms with Gasteiger partial charge in [-0.1, -0.05) is 25.2 Å². The molecule has 4 aromatic rings. The van der Waals surface area contributed by atoms with E-state index in [-0.39, 0.29) is 30.6 Å². The van der Waals surface area contributed by atoms with E-state index in [2.05, 4.69) is 42.4 Å². The summed E-state index contributed by atoms with van der Waals surface area (Å²) in [4.78, 5) is 16.3. The van der Waals surface area contributed by atoms with Gasteiger partial charge < -0.3 is 14.9 Å². The maximum Gasteiger partial charge on any atom is 0.303 e. The number of benzene rings is 4. The van der Waals surface area contributed by atoms with Gasteiger partial charge in [0.1, 0.15) is 24.4 Å². The zero-order chi connectivity index (χ0) is 44.4. The van der Waals surface area contributed by atoms with Gasteiger partial charge in [-0.05, 0) is 107 Å². The molecule has 3 heterocycles. The number of nitrogens with one attached hydrogen (secondary N) is 1. The Balaban J connectivity index is 1.34. The minimum absolute atomic E-state index is 0.0194. The van der Waals surface area contributed by atoms with Gasteiger partial charge in [0.25, 0.3) is 40.5 Å². The predicted molar refractivity (Wildman–Crippen MR) is 226 cm³/mol. The van der Waals surface area contributed by atoms with Gasteiger partial charge >= 0.3 is 5.97 Å². The predicted octanol–water partition coefficient (Wildman–Crippen LogP) is 1.50. The molecule has 0 saturated carbocycles. The van der Waals surface area contributed by atoms with Crippen LogP contribution in [0.15, 0.2) is 80.2 Å². The first-order valence-electron chi connectivity index (χ1n) is 19.2.